The number of hydrogen-bond acceptors (Lipinski definition) is 6. The van der Waals surface area contributed by atoms with E-state index in [-0.39, 0.29) is 17.3 Å². The number of hydrogen-bond donors (Lipinski definition) is 2. The normalized spacial score (nSPS) is 9.54. The summed E-state index contributed by atoms with van der Waals surface area (Å²) in [5.41, 5.74) is 8.43. The molecule has 0 saturated carbocycles. The summed E-state index contributed by atoms with van der Waals surface area (Å²) in [5, 5.41) is 25.7. The lowest BCUT2D eigenvalue weighted by molar-refractivity contribution is 0.881. The van der Waals surface area contributed by atoms with E-state index in [1.807, 2.05) is 0 Å². The van der Waals surface area contributed by atoms with Crippen molar-refractivity contribution in [3.05, 3.63) is 10.4 Å². The van der Waals surface area contributed by atoms with Crippen molar-refractivity contribution in [2.75, 3.05) is 0 Å². The Labute approximate surface area is 70.0 Å². The Morgan fingerprint density at radius 3 is 2.85 bits per heavy atom. The summed E-state index contributed by atoms with van der Waals surface area (Å²) in [5.74, 6) is 0.306. The van der Waals surface area contributed by atoms with E-state index in [9.17, 15) is 0 Å². The third kappa shape index (κ3) is 1.16. The van der Waals surface area contributed by atoms with Crippen LogP contribution in [0.3, 0.4) is 0 Å². The molecular weight excluding hydrogens is 176 g/mol. The van der Waals surface area contributed by atoms with Gasteiger partial charge in [-0.1, -0.05) is 0 Å². The van der Waals surface area contributed by atoms with Crippen molar-refractivity contribution >= 4 is 5.82 Å². The lowest BCUT2D eigenvalue weighted by Gasteiger charge is -1.83. The number of aromatic amines is 2. The smallest absolute Gasteiger partial charge is 0.197 e. The van der Waals surface area contributed by atoms with Crippen LogP contribution in [0.1, 0.15) is 0 Å². The Balaban J connectivity index is 2.52. The predicted molar refractivity (Wildman–Crippen MR) is 38.4 cm³/mol. The van der Waals surface area contributed by atoms with Gasteiger partial charge >= 0.3 is 0 Å². The lowest BCUT2D eigenvalue weighted by atomic mass is 10.4. The van der Waals surface area contributed by atoms with Crippen molar-refractivity contribution in [2.24, 2.45) is 5.11 Å². The number of azide groups is 1. The lowest BCUT2D eigenvalue weighted by Crippen LogP contribution is -1.81. The summed E-state index contributed by atoms with van der Waals surface area (Å²) < 4.78 is 0. The molecule has 0 aliphatic carbocycles. The Kier molecular flexibility index (Phi) is 1.59. The first-order valence-electron chi connectivity index (χ1n) is 3.11. The number of rotatable bonds is 2. The molecular formula is C3H2N10. The second kappa shape index (κ2) is 2.87. The number of nitrogens with zero attached hydrogens (tertiary/aromatic N) is 8. The molecule has 10 heteroatoms. The van der Waals surface area contributed by atoms with Gasteiger partial charge < -0.3 is 0 Å². The van der Waals surface area contributed by atoms with Crippen LogP contribution in [0.5, 0.6) is 0 Å². The minimum Gasteiger partial charge on any atom is -0.197 e. The zero-order chi connectivity index (χ0) is 9.10. The number of tetrazole rings is 1. The van der Waals surface area contributed by atoms with Gasteiger partial charge in [-0.05, 0) is 15.9 Å². The van der Waals surface area contributed by atoms with Gasteiger partial charge in [0.25, 0.3) is 0 Å². The third-order valence-corrected chi connectivity index (χ3v) is 1.23. The van der Waals surface area contributed by atoms with Crippen LogP contribution in [0.15, 0.2) is 5.11 Å². The molecule has 0 aliphatic heterocycles. The fraction of sp³-hybridized carbons (Fsp3) is 0. The van der Waals surface area contributed by atoms with Gasteiger partial charge in [-0.15, -0.1) is 10.2 Å². The molecule has 0 aromatic carbocycles. The van der Waals surface area contributed by atoms with Crippen LogP contribution in [0, 0.1) is 0 Å². The maximum Gasteiger partial charge on any atom is 0.227 e. The summed E-state index contributed by atoms with van der Waals surface area (Å²) in [6.07, 6.45) is 0. The Morgan fingerprint density at radius 2 is 2.15 bits per heavy atom. The summed E-state index contributed by atoms with van der Waals surface area (Å²) in [6, 6.07) is 0. The number of aromatic nitrogens is 7. The molecule has 0 unspecified atom stereocenters. The van der Waals surface area contributed by atoms with E-state index in [0.29, 0.717) is 0 Å². The second-order valence-corrected chi connectivity index (χ2v) is 1.92. The molecule has 13 heavy (non-hydrogen) atoms. The molecule has 10 nitrogen and oxygen atoms in total. The average molecular weight is 178 g/mol. The molecule has 2 rings (SSSR count). The highest BCUT2D eigenvalue weighted by Gasteiger charge is 2.12. The highest BCUT2D eigenvalue weighted by molar-refractivity contribution is 5.60. The molecule has 0 fully saturated rings. The SMILES string of the molecule is [N-]=[N+]=Nc1n[nH]nc1-c1nn[nH]n1. The van der Waals surface area contributed by atoms with Crippen LogP contribution in [0.4, 0.5) is 5.82 Å². The van der Waals surface area contributed by atoms with Crippen LogP contribution >= 0.6 is 0 Å². The maximum absolute atomic E-state index is 8.17. The summed E-state index contributed by atoms with van der Waals surface area (Å²) in [6.45, 7) is 0. The first-order chi connectivity index (χ1) is 6.42. The highest BCUT2D eigenvalue weighted by atomic mass is 15.5. The van der Waals surface area contributed by atoms with E-state index in [2.05, 4.69) is 46.1 Å². The molecule has 0 aliphatic rings. The van der Waals surface area contributed by atoms with Crippen molar-refractivity contribution < 1.29 is 0 Å². The summed E-state index contributed by atoms with van der Waals surface area (Å²) >= 11 is 0. The van der Waals surface area contributed by atoms with Gasteiger partial charge in [0.05, 0.1) is 0 Å². The van der Waals surface area contributed by atoms with Gasteiger partial charge in [0.2, 0.25) is 5.82 Å². The molecule has 2 N–H and O–H groups in total. The third-order valence-electron chi connectivity index (χ3n) is 1.23. The van der Waals surface area contributed by atoms with Crippen LogP contribution in [0.2, 0.25) is 0 Å². The van der Waals surface area contributed by atoms with Crippen molar-refractivity contribution in [3.8, 4) is 11.5 Å². The monoisotopic (exact) mass is 178 g/mol. The first kappa shape index (κ1) is 7.18. The standard InChI is InChI=1S/C3H2N10/c4-10-6-2-1(5-11-7-2)3-8-12-13-9-3/h(H,5,7,11)(H,8,9,12,13). The van der Waals surface area contributed by atoms with E-state index in [0.717, 1.165) is 0 Å². The van der Waals surface area contributed by atoms with E-state index in [1.54, 1.807) is 0 Å². The molecule has 0 saturated heterocycles. The Bertz CT molecular complexity index is 430. The van der Waals surface area contributed by atoms with Gasteiger partial charge in [-0.3, -0.25) is 0 Å². The van der Waals surface area contributed by atoms with Gasteiger partial charge in [0.15, 0.2) is 11.5 Å². The molecule has 0 radical (unpaired) electrons. The topological polar surface area (TPSA) is 145 Å². The quantitative estimate of drug-likeness (QED) is 0.375. The molecule has 0 bridgehead atoms. The van der Waals surface area contributed by atoms with Crippen LogP contribution in [-0.2, 0) is 0 Å². The van der Waals surface area contributed by atoms with Crippen LogP contribution in [-0.4, -0.2) is 36.0 Å². The van der Waals surface area contributed by atoms with Crippen molar-refractivity contribution in [1.29, 1.82) is 0 Å². The average Bonchev–Trinajstić information content (AvgIpc) is 2.71. The number of nitrogens with one attached hydrogen (secondary N) is 2. The zero-order valence-corrected chi connectivity index (χ0v) is 6.08. The number of H-pyrrole nitrogens is 2. The minimum atomic E-state index is 0.0869. The molecule has 0 amide bonds. The van der Waals surface area contributed by atoms with Gasteiger partial charge in [0, 0.05) is 4.91 Å². The van der Waals surface area contributed by atoms with Gasteiger partial charge in [0.1, 0.15) is 0 Å². The van der Waals surface area contributed by atoms with E-state index in [1.165, 1.54) is 0 Å². The predicted octanol–water partition coefficient (Wildman–Crippen LogP) is -0.0734. The molecule has 2 heterocycles. The molecule has 0 spiro atoms. The largest absolute Gasteiger partial charge is 0.227 e. The van der Waals surface area contributed by atoms with E-state index >= 15 is 0 Å². The molecule has 2 aromatic heterocycles. The van der Waals surface area contributed by atoms with Crippen LogP contribution in [0.25, 0.3) is 22.0 Å². The summed E-state index contributed by atoms with van der Waals surface area (Å²) in [4.78, 5) is 2.57. The Morgan fingerprint density at radius 1 is 1.23 bits per heavy atom. The van der Waals surface area contributed by atoms with E-state index in [4.69, 9.17) is 5.53 Å². The van der Waals surface area contributed by atoms with Crippen molar-refractivity contribution in [3.63, 3.8) is 0 Å². The van der Waals surface area contributed by atoms with E-state index < -0.39 is 0 Å². The Hall–Kier alpha value is -2.48. The van der Waals surface area contributed by atoms with Gasteiger partial charge in [-0.25, -0.2) is 0 Å². The zero-order valence-electron chi connectivity index (χ0n) is 6.08. The van der Waals surface area contributed by atoms with Crippen molar-refractivity contribution in [1.82, 2.24) is 36.0 Å². The fourth-order valence-electron chi connectivity index (χ4n) is 0.750. The van der Waals surface area contributed by atoms with Crippen LogP contribution < -0.4 is 0 Å². The molecule has 64 valence electrons. The van der Waals surface area contributed by atoms with Gasteiger partial charge in [-0.2, -0.15) is 20.6 Å². The first-order valence-corrected chi connectivity index (χ1v) is 3.11. The minimum absolute atomic E-state index is 0.0869. The summed E-state index contributed by atoms with van der Waals surface area (Å²) in [7, 11) is 0. The van der Waals surface area contributed by atoms with Crippen molar-refractivity contribution in [2.45, 2.75) is 0 Å². The highest BCUT2D eigenvalue weighted by Crippen LogP contribution is 2.20. The maximum atomic E-state index is 8.17. The molecule has 2 aromatic rings. The molecule has 0 atom stereocenters. The second-order valence-electron chi connectivity index (χ2n) is 1.92. The fourth-order valence-corrected chi connectivity index (χ4v) is 0.750.